The van der Waals surface area contributed by atoms with Crippen molar-refractivity contribution in [1.82, 2.24) is 10.3 Å². The number of aromatic nitrogens is 1. The molecule has 0 saturated heterocycles. The van der Waals surface area contributed by atoms with E-state index in [0.29, 0.717) is 17.1 Å². The third-order valence-corrected chi connectivity index (χ3v) is 4.17. The minimum Gasteiger partial charge on any atom is -0.454 e. The number of hydrogen-bond acceptors (Lipinski definition) is 4. The highest BCUT2D eigenvalue weighted by molar-refractivity contribution is 6.04. The molecule has 29 heavy (non-hydrogen) atoms. The molecule has 0 atom stereocenters. The van der Waals surface area contributed by atoms with Crippen molar-refractivity contribution in [2.45, 2.75) is 6.54 Å². The van der Waals surface area contributed by atoms with Gasteiger partial charge in [0, 0.05) is 23.5 Å². The number of hydrogen-bond donors (Lipinski definition) is 3. The highest BCUT2D eigenvalue weighted by Crippen LogP contribution is 2.32. The average Bonchev–Trinajstić information content (AvgIpc) is 2.70. The lowest BCUT2D eigenvalue weighted by molar-refractivity contribution is 0.102. The van der Waals surface area contributed by atoms with Crippen LogP contribution in [0.15, 0.2) is 54.7 Å². The second-order valence-electron chi connectivity index (χ2n) is 6.16. The number of amides is 3. The van der Waals surface area contributed by atoms with Crippen LogP contribution in [0.4, 0.5) is 25.1 Å². The summed E-state index contributed by atoms with van der Waals surface area (Å²) in [5.74, 6) is -1.22. The molecular formula is C20H14F2N4O3. The normalized spacial score (nSPS) is 12.4. The number of fused-ring (bicyclic) bond motifs is 1. The van der Waals surface area contributed by atoms with Gasteiger partial charge in [-0.25, -0.2) is 18.6 Å². The van der Waals surface area contributed by atoms with Gasteiger partial charge in [-0.2, -0.15) is 0 Å². The van der Waals surface area contributed by atoms with Gasteiger partial charge in [-0.05, 0) is 36.4 Å². The van der Waals surface area contributed by atoms with Gasteiger partial charge in [0.05, 0.1) is 12.1 Å². The van der Waals surface area contributed by atoms with Crippen molar-refractivity contribution < 1.29 is 23.1 Å². The molecule has 3 amide bonds. The predicted octanol–water partition coefficient (Wildman–Crippen LogP) is 4.04. The molecule has 146 valence electrons. The van der Waals surface area contributed by atoms with Crippen LogP contribution in [0.2, 0.25) is 0 Å². The summed E-state index contributed by atoms with van der Waals surface area (Å²) < 4.78 is 33.4. The summed E-state index contributed by atoms with van der Waals surface area (Å²) in [7, 11) is 0. The van der Waals surface area contributed by atoms with Crippen LogP contribution in [0.5, 0.6) is 11.5 Å². The Morgan fingerprint density at radius 1 is 1.10 bits per heavy atom. The van der Waals surface area contributed by atoms with Crippen molar-refractivity contribution in [1.29, 1.82) is 0 Å². The van der Waals surface area contributed by atoms with Crippen molar-refractivity contribution in [3.05, 3.63) is 77.5 Å². The van der Waals surface area contributed by atoms with Crippen LogP contribution < -0.4 is 20.7 Å². The van der Waals surface area contributed by atoms with E-state index in [1.807, 2.05) is 0 Å². The van der Waals surface area contributed by atoms with Crippen LogP contribution in [0.25, 0.3) is 0 Å². The molecular weight excluding hydrogens is 382 g/mol. The predicted molar refractivity (Wildman–Crippen MR) is 101 cm³/mol. The first-order valence-electron chi connectivity index (χ1n) is 8.56. The molecule has 0 radical (unpaired) electrons. The number of rotatable bonds is 4. The molecule has 2 heterocycles. The molecule has 0 saturated carbocycles. The van der Waals surface area contributed by atoms with Crippen LogP contribution in [0, 0.1) is 11.6 Å². The van der Waals surface area contributed by atoms with Crippen LogP contribution in [0.3, 0.4) is 0 Å². The van der Waals surface area contributed by atoms with E-state index < -0.39 is 17.5 Å². The molecule has 4 rings (SSSR count). The Labute approximate surface area is 163 Å². The van der Waals surface area contributed by atoms with E-state index in [-0.39, 0.29) is 29.6 Å². The Bertz CT molecular complexity index is 1120. The standard InChI is InChI=1S/C20H14F2N4O3/c21-12-3-1-2-11(8-12)19(27)25-13-4-5-17(15(22)9-13)29-16-6-7-23-18-14(16)10-24-20(28)26-18/h1-9H,10H2,(H,25,27)(H2,23,24,26,28). The number of benzene rings is 2. The van der Waals surface area contributed by atoms with Crippen LogP contribution >= 0.6 is 0 Å². The van der Waals surface area contributed by atoms with E-state index in [1.165, 1.54) is 36.5 Å². The van der Waals surface area contributed by atoms with Crippen molar-refractivity contribution in [3.63, 3.8) is 0 Å². The third-order valence-electron chi connectivity index (χ3n) is 4.17. The molecule has 2 aromatic carbocycles. The van der Waals surface area contributed by atoms with Gasteiger partial charge >= 0.3 is 6.03 Å². The second-order valence-corrected chi connectivity index (χ2v) is 6.16. The van der Waals surface area contributed by atoms with Gasteiger partial charge in [0.2, 0.25) is 0 Å². The van der Waals surface area contributed by atoms with Gasteiger partial charge in [0.1, 0.15) is 17.4 Å². The molecule has 1 aromatic heterocycles. The number of carbonyl (C=O) groups excluding carboxylic acids is 2. The number of ether oxygens (including phenoxy) is 1. The first-order valence-corrected chi connectivity index (χ1v) is 8.56. The van der Waals surface area contributed by atoms with E-state index in [9.17, 15) is 18.4 Å². The Morgan fingerprint density at radius 2 is 1.97 bits per heavy atom. The van der Waals surface area contributed by atoms with E-state index in [2.05, 4.69) is 20.9 Å². The van der Waals surface area contributed by atoms with E-state index in [1.54, 1.807) is 6.07 Å². The third kappa shape index (κ3) is 3.98. The first-order chi connectivity index (χ1) is 14.0. The van der Waals surface area contributed by atoms with Crippen LogP contribution in [0.1, 0.15) is 15.9 Å². The SMILES string of the molecule is O=C1NCc2c(Oc3ccc(NC(=O)c4cccc(F)c4)cc3F)ccnc2N1. The molecule has 1 aliphatic rings. The van der Waals surface area contributed by atoms with Gasteiger partial charge in [-0.3, -0.25) is 10.1 Å². The topological polar surface area (TPSA) is 92.4 Å². The number of nitrogens with one attached hydrogen (secondary N) is 3. The van der Waals surface area contributed by atoms with Gasteiger partial charge in [-0.1, -0.05) is 6.07 Å². The molecule has 1 aliphatic heterocycles. The molecule has 0 spiro atoms. The van der Waals surface area contributed by atoms with Gasteiger partial charge in [0.25, 0.3) is 5.91 Å². The first kappa shape index (κ1) is 18.4. The minimum atomic E-state index is -0.708. The number of nitrogens with zero attached hydrogens (tertiary/aromatic N) is 1. The average molecular weight is 396 g/mol. The Hall–Kier alpha value is -4.01. The highest BCUT2D eigenvalue weighted by atomic mass is 19.1. The van der Waals surface area contributed by atoms with E-state index >= 15 is 0 Å². The fourth-order valence-corrected chi connectivity index (χ4v) is 2.78. The Kier molecular flexibility index (Phi) is 4.78. The Balaban J connectivity index is 1.52. The number of anilines is 2. The molecule has 3 aromatic rings. The quantitative estimate of drug-likeness (QED) is 0.621. The van der Waals surface area contributed by atoms with Crippen LogP contribution in [-0.4, -0.2) is 16.9 Å². The summed E-state index contributed by atoms with van der Waals surface area (Å²) >= 11 is 0. The molecule has 0 bridgehead atoms. The molecule has 0 fully saturated rings. The lowest BCUT2D eigenvalue weighted by Crippen LogP contribution is -2.34. The maximum Gasteiger partial charge on any atom is 0.320 e. The summed E-state index contributed by atoms with van der Waals surface area (Å²) in [6.07, 6.45) is 1.44. The maximum atomic E-state index is 14.5. The number of pyridine rings is 1. The summed E-state index contributed by atoms with van der Waals surface area (Å²) in [6.45, 7) is 0.188. The smallest absolute Gasteiger partial charge is 0.320 e. The maximum absolute atomic E-state index is 14.5. The second kappa shape index (κ2) is 7.55. The van der Waals surface area contributed by atoms with E-state index in [0.717, 1.165) is 12.1 Å². The monoisotopic (exact) mass is 396 g/mol. The highest BCUT2D eigenvalue weighted by Gasteiger charge is 2.20. The summed E-state index contributed by atoms with van der Waals surface area (Å²) in [5.41, 5.74) is 0.883. The summed E-state index contributed by atoms with van der Waals surface area (Å²) in [6, 6.07) is 10.3. The van der Waals surface area contributed by atoms with Crippen molar-refractivity contribution in [3.8, 4) is 11.5 Å². The summed E-state index contributed by atoms with van der Waals surface area (Å²) in [4.78, 5) is 27.6. The fourth-order valence-electron chi connectivity index (χ4n) is 2.78. The molecule has 0 unspecified atom stereocenters. The number of carbonyl (C=O) groups is 2. The lowest BCUT2D eigenvalue weighted by Gasteiger charge is -2.20. The fraction of sp³-hybridized carbons (Fsp3) is 0.0500. The lowest BCUT2D eigenvalue weighted by atomic mass is 10.2. The Morgan fingerprint density at radius 3 is 2.76 bits per heavy atom. The molecule has 3 N–H and O–H groups in total. The van der Waals surface area contributed by atoms with E-state index in [4.69, 9.17) is 4.74 Å². The minimum absolute atomic E-state index is 0.0703. The number of urea groups is 1. The zero-order valence-electron chi connectivity index (χ0n) is 14.8. The zero-order chi connectivity index (χ0) is 20.4. The van der Waals surface area contributed by atoms with Crippen molar-refractivity contribution in [2.75, 3.05) is 10.6 Å². The molecule has 0 aliphatic carbocycles. The molecule has 7 nitrogen and oxygen atoms in total. The van der Waals surface area contributed by atoms with Gasteiger partial charge < -0.3 is 15.4 Å². The largest absolute Gasteiger partial charge is 0.454 e. The number of halogens is 2. The molecule has 9 heteroatoms. The van der Waals surface area contributed by atoms with Crippen molar-refractivity contribution >= 4 is 23.4 Å². The van der Waals surface area contributed by atoms with Gasteiger partial charge in [0.15, 0.2) is 11.6 Å². The zero-order valence-corrected chi connectivity index (χ0v) is 14.8. The van der Waals surface area contributed by atoms with Crippen molar-refractivity contribution in [2.24, 2.45) is 0 Å². The van der Waals surface area contributed by atoms with Crippen LogP contribution in [-0.2, 0) is 6.54 Å². The van der Waals surface area contributed by atoms with Gasteiger partial charge in [-0.15, -0.1) is 0 Å². The summed E-state index contributed by atoms with van der Waals surface area (Å²) in [5, 5.41) is 7.64.